The summed E-state index contributed by atoms with van der Waals surface area (Å²) in [6.45, 7) is 5.99. The van der Waals surface area contributed by atoms with Crippen molar-refractivity contribution in [1.29, 1.82) is 0 Å². The van der Waals surface area contributed by atoms with Gasteiger partial charge < -0.3 is 10.5 Å². The standard InChI is InChI=1S/C11H18IN3O/c1-5-6-7-8(12)9(13)15-10(14-7)11(2,3)16-4/h5-6H2,1-4H3,(H2,13,14,15). The molecule has 0 amide bonds. The lowest BCUT2D eigenvalue weighted by molar-refractivity contribution is 0.0114. The highest BCUT2D eigenvalue weighted by Crippen LogP contribution is 2.25. The highest BCUT2D eigenvalue weighted by Gasteiger charge is 2.25. The summed E-state index contributed by atoms with van der Waals surface area (Å²) in [6, 6.07) is 0. The molecule has 4 nitrogen and oxygen atoms in total. The SMILES string of the molecule is CCCc1nc(C(C)(C)OC)nc(N)c1I. The fraction of sp³-hybridized carbons (Fsp3) is 0.636. The van der Waals surface area contributed by atoms with E-state index in [9.17, 15) is 0 Å². The molecule has 0 unspecified atom stereocenters. The van der Waals surface area contributed by atoms with Gasteiger partial charge in [0.2, 0.25) is 0 Å². The van der Waals surface area contributed by atoms with Crippen LogP contribution >= 0.6 is 22.6 Å². The maximum atomic E-state index is 5.89. The Balaban J connectivity index is 3.23. The van der Waals surface area contributed by atoms with Gasteiger partial charge in [-0.1, -0.05) is 13.3 Å². The molecule has 0 radical (unpaired) electrons. The van der Waals surface area contributed by atoms with Gasteiger partial charge in [-0.15, -0.1) is 0 Å². The van der Waals surface area contributed by atoms with E-state index in [1.807, 2.05) is 13.8 Å². The van der Waals surface area contributed by atoms with E-state index in [0.29, 0.717) is 11.6 Å². The topological polar surface area (TPSA) is 61.0 Å². The van der Waals surface area contributed by atoms with Crippen LogP contribution in [0, 0.1) is 3.57 Å². The van der Waals surface area contributed by atoms with Gasteiger partial charge in [0.05, 0.1) is 9.26 Å². The molecule has 0 aliphatic carbocycles. The molecule has 0 saturated heterocycles. The van der Waals surface area contributed by atoms with Crippen molar-refractivity contribution in [3.05, 3.63) is 15.1 Å². The molecule has 0 aliphatic rings. The van der Waals surface area contributed by atoms with Crippen LogP contribution in [0.4, 0.5) is 5.82 Å². The third kappa shape index (κ3) is 2.82. The summed E-state index contributed by atoms with van der Waals surface area (Å²) in [5, 5.41) is 0. The lowest BCUT2D eigenvalue weighted by Crippen LogP contribution is -2.24. The van der Waals surface area contributed by atoms with Crippen LogP contribution in [-0.4, -0.2) is 17.1 Å². The maximum absolute atomic E-state index is 5.89. The minimum absolute atomic E-state index is 0.499. The number of rotatable bonds is 4. The van der Waals surface area contributed by atoms with Crippen molar-refractivity contribution >= 4 is 28.4 Å². The van der Waals surface area contributed by atoms with Crippen LogP contribution in [-0.2, 0) is 16.8 Å². The first kappa shape index (κ1) is 13.6. The van der Waals surface area contributed by atoms with Gasteiger partial charge >= 0.3 is 0 Å². The van der Waals surface area contributed by atoms with Crippen LogP contribution < -0.4 is 5.73 Å². The highest BCUT2D eigenvalue weighted by molar-refractivity contribution is 14.1. The summed E-state index contributed by atoms with van der Waals surface area (Å²) in [5.74, 6) is 1.19. The molecule has 0 fully saturated rings. The molecular weight excluding hydrogens is 317 g/mol. The monoisotopic (exact) mass is 335 g/mol. The van der Waals surface area contributed by atoms with Crippen LogP contribution in [0.3, 0.4) is 0 Å². The van der Waals surface area contributed by atoms with Crippen molar-refractivity contribution in [3.8, 4) is 0 Å². The predicted octanol–water partition coefficient (Wildman–Crippen LogP) is 2.50. The van der Waals surface area contributed by atoms with Gasteiger partial charge in [0.15, 0.2) is 5.82 Å². The molecule has 16 heavy (non-hydrogen) atoms. The molecular formula is C11H18IN3O. The van der Waals surface area contributed by atoms with Gasteiger partial charge in [0.25, 0.3) is 0 Å². The Kier molecular flexibility index (Phi) is 4.49. The zero-order valence-corrected chi connectivity index (χ0v) is 12.3. The molecule has 0 aliphatic heterocycles. The fourth-order valence-electron chi connectivity index (χ4n) is 1.28. The molecule has 0 bridgehead atoms. The van der Waals surface area contributed by atoms with Crippen LogP contribution in [0.1, 0.15) is 38.7 Å². The smallest absolute Gasteiger partial charge is 0.162 e. The van der Waals surface area contributed by atoms with E-state index in [-0.39, 0.29) is 0 Å². The number of methoxy groups -OCH3 is 1. The zero-order valence-electron chi connectivity index (χ0n) is 10.2. The molecule has 5 heteroatoms. The quantitative estimate of drug-likeness (QED) is 0.859. The van der Waals surface area contributed by atoms with Gasteiger partial charge in [-0.3, -0.25) is 0 Å². The normalized spacial score (nSPS) is 11.8. The molecule has 1 heterocycles. The maximum Gasteiger partial charge on any atom is 0.162 e. The van der Waals surface area contributed by atoms with E-state index in [2.05, 4.69) is 39.5 Å². The zero-order chi connectivity index (χ0) is 12.3. The highest BCUT2D eigenvalue weighted by atomic mass is 127. The number of halogens is 1. The van der Waals surface area contributed by atoms with Gasteiger partial charge in [-0.05, 0) is 42.9 Å². The Morgan fingerprint density at radius 1 is 1.38 bits per heavy atom. The first-order chi connectivity index (χ1) is 7.42. The third-order valence-electron chi connectivity index (χ3n) is 2.48. The van der Waals surface area contributed by atoms with E-state index in [0.717, 1.165) is 22.1 Å². The fourth-order valence-corrected chi connectivity index (χ4v) is 1.79. The number of aromatic nitrogens is 2. The summed E-state index contributed by atoms with van der Waals surface area (Å²) >= 11 is 2.19. The Morgan fingerprint density at radius 3 is 2.50 bits per heavy atom. The lowest BCUT2D eigenvalue weighted by atomic mass is 10.1. The van der Waals surface area contributed by atoms with Crippen molar-refractivity contribution in [2.75, 3.05) is 12.8 Å². The summed E-state index contributed by atoms with van der Waals surface area (Å²) in [6.07, 6.45) is 1.96. The van der Waals surface area contributed by atoms with Crippen molar-refractivity contribution in [1.82, 2.24) is 9.97 Å². The van der Waals surface area contributed by atoms with E-state index in [1.54, 1.807) is 7.11 Å². The molecule has 0 aromatic carbocycles. The molecule has 0 atom stereocenters. The predicted molar refractivity (Wildman–Crippen MR) is 73.2 cm³/mol. The first-order valence-electron chi connectivity index (χ1n) is 5.30. The van der Waals surface area contributed by atoms with Gasteiger partial charge in [-0.25, -0.2) is 9.97 Å². The molecule has 1 aromatic rings. The summed E-state index contributed by atoms with van der Waals surface area (Å²) in [5.41, 5.74) is 6.40. The summed E-state index contributed by atoms with van der Waals surface area (Å²) in [4.78, 5) is 8.83. The van der Waals surface area contributed by atoms with E-state index in [4.69, 9.17) is 10.5 Å². The molecule has 0 spiro atoms. The molecule has 1 aromatic heterocycles. The van der Waals surface area contributed by atoms with Gasteiger partial charge in [-0.2, -0.15) is 0 Å². The minimum Gasteiger partial charge on any atom is -0.383 e. The van der Waals surface area contributed by atoms with Crippen LogP contribution in [0.2, 0.25) is 0 Å². The number of nitrogen functional groups attached to an aromatic ring is 1. The largest absolute Gasteiger partial charge is 0.383 e. The summed E-state index contributed by atoms with van der Waals surface area (Å²) < 4.78 is 6.32. The van der Waals surface area contributed by atoms with Crippen LogP contribution in [0.15, 0.2) is 0 Å². The number of aryl methyl sites for hydroxylation is 1. The number of nitrogens with two attached hydrogens (primary N) is 1. The van der Waals surface area contributed by atoms with Crippen molar-refractivity contribution in [3.63, 3.8) is 0 Å². The molecule has 2 N–H and O–H groups in total. The molecule has 1 rings (SSSR count). The Labute approximate surface area is 110 Å². The second kappa shape index (κ2) is 5.27. The number of anilines is 1. The average molecular weight is 335 g/mol. The van der Waals surface area contributed by atoms with Crippen LogP contribution in [0.25, 0.3) is 0 Å². The Hall–Kier alpha value is -0.430. The van der Waals surface area contributed by atoms with Crippen LogP contribution in [0.5, 0.6) is 0 Å². The van der Waals surface area contributed by atoms with Crippen molar-refractivity contribution < 1.29 is 4.74 Å². The summed E-state index contributed by atoms with van der Waals surface area (Å²) in [7, 11) is 1.65. The van der Waals surface area contributed by atoms with Crippen molar-refractivity contribution in [2.24, 2.45) is 0 Å². The molecule has 90 valence electrons. The average Bonchev–Trinajstić information content (AvgIpc) is 2.24. The number of hydrogen-bond acceptors (Lipinski definition) is 4. The minimum atomic E-state index is -0.499. The first-order valence-corrected chi connectivity index (χ1v) is 6.37. The second-order valence-electron chi connectivity index (χ2n) is 4.16. The lowest BCUT2D eigenvalue weighted by Gasteiger charge is -2.22. The van der Waals surface area contributed by atoms with E-state index < -0.39 is 5.60 Å². The van der Waals surface area contributed by atoms with E-state index in [1.165, 1.54) is 0 Å². The molecule has 0 saturated carbocycles. The number of hydrogen-bond donors (Lipinski definition) is 1. The van der Waals surface area contributed by atoms with Crippen molar-refractivity contribution in [2.45, 2.75) is 39.2 Å². The Bertz CT molecular complexity index is 380. The number of nitrogens with zero attached hydrogens (tertiary/aromatic N) is 2. The van der Waals surface area contributed by atoms with Gasteiger partial charge in [0, 0.05) is 7.11 Å². The second-order valence-corrected chi connectivity index (χ2v) is 5.24. The Morgan fingerprint density at radius 2 is 2.00 bits per heavy atom. The third-order valence-corrected chi connectivity index (χ3v) is 3.66. The van der Waals surface area contributed by atoms with Gasteiger partial charge in [0.1, 0.15) is 11.4 Å². The number of ether oxygens (including phenoxy) is 1. The van der Waals surface area contributed by atoms with E-state index >= 15 is 0 Å².